The summed E-state index contributed by atoms with van der Waals surface area (Å²) < 4.78 is 0. The highest BCUT2D eigenvalue weighted by molar-refractivity contribution is 7.98. The van der Waals surface area contributed by atoms with Crippen LogP contribution in [0.1, 0.15) is 35.5 Å². The van der Waals surface area contributed by atoms with Gasteiger partial charge in [-0.05, 0) is 31.2 Å². The van der Waals surface area contributed by atoms with Gasteiger partial charge in [0.05, 0.1) is 17.7 Å². The number of hydrogen-bond acceptors (Lipinski definition) is 5. The van der Waals surface area contributed by atoms with Crippen LogP contribution in [-0.2, 0) is 23.4 Å². The molecular formula is C17H19N3O2S2. The molecule has 0 saturated heterocycles. The first-order chi connectivity index (χ1) is 11.7. The number of carbonyl (C=O) groups is 1. The number of nitrogens with one attached hydrogen (secondary N) is 2. The summed E-state index contributed by atoms with van der Waals surface area (Å²) in [6, 6.07) is 0. The zero-order valence-electron chi connectivity index (χ0n) is 13.3. The molecule has 0 unspecified atom stereocenters. The van der Waals surface area contributed by atoms with E-state index in [1.807, 2.05) is 0 Å². The molecule has 0 atom stereocenters. The Balaban J connectivity index is 1.63. The molecule has 7 heteroatoms. The Morgan fingerprint density at radius 1 is 1.42 bits per heavy atom. The number of H-pyrrole nitrogens is 1. The summed E-state index contributed by atoms with van der Waals surface area (Å²) in [6.07, 6.45) is 9.90. The molecule has 5 nitrogen and oxygen atoms in total. The fourth-order valence-electron chi connectivity index (χ4n) is 2.85. The lowest BCUT2D eigenvalue weighted by Crippen LogP contribution is -2.23. The zero-order valence-corrected chi connectivity index (χ0v) is 14.9. The van der Waals surface area contributed by atoms with Gasteiger partial charge in [0.1, 0.15) is 10.7 Å². The quantitative estimate of drug-likeness (QED) is 0.611. The lowest BCUT2D eigenvalue weighted by Gasteiger charge is -2.09. The largest absolute Gasteiger partial charge is 0.345 e. The molecule has 0 bridgehead atoms. The number of thiophene rings is 1. The summed E-state index contributed by atoms with van der Waals surface area (Å²) in [4.78, 5) is 33.6. The minimum atomic E-state index is -0.0525. The van der Waals surface area contributed by atoms with Crippen LogP contribution in [0.2, 0.25) is 0 Å². The molecule has 0 aliphatic heterocycles. The minimum Gasteiger partial charge on any atom is -0.345 e. The fraction of sp³-hybridized carbons (Fsp3) is 0.471. The van der Waals surface area contributed by atoms with E-state index in [9.17, 15) is 9.59 Å². The van der Waals surface area contributed by atoms with Crippen LogP contribution in [0.3, 0.4) is 0 Å². The van der Waals surface area contributed by atoms with Gasteiger partial charge in [0, 0.05) is 17.1 Å². The number of fused-ring (bicyclic) bond motifs is 3. The summed E-state index contributed by atoms with van der Waals surface area (Å²) in [5.74, 6) is 4.26. The molecule has 3 rings (SSSR count). The van der Waals surface area contributed by atoms with Crippen LogP contribution in [0.15, 0.2) is 4.79 Å². The lowest BCUT2D eigenvalue weighted by atomic mass is 9.97. The van der Waals surface area contributed by atoms with Crippen LogP contribution in [0, 0.1) is 12.3 Å². The topological polar surface area (TPSA) is 74.8 Å². The third kappa shape index (κ3) is 3.82. The molecule has 24 heavy (non-hydrogen) atoms. The van der Waals surface area contributed by atoms with Crippen LogP contribution in [0.25, 0.3) is 10.2 Å². The van der Waals surface area contributed by atoms with E-state index in [0.717, 1.165) is 29.5 Å². The van der Waals surface area contributed by atoms with Crippen molar-refractivity contribution in [1.29, 1.82) is 0 Å². The van der Waals surface area contributed by atoms with Crippen molar-refractivity contribution >= 4 is 39.2 Å². The second kappa shape index (κ2) is 7.86. The van der Waals surface area contributed by atoms with Crippen LogP contribution in [0.5, 0.6) is 0 Å². The summed E-state index contributed by atoms with van der Waals surface area (Å²) >= 11 is 3.24. The first kappa shape index (κ1) is 17.1. The predicted molar refractivity (Wildman–Crippen MR) is 99.5 cm³/mol. The summed E-state index contributed by atoms with van der Waals surface area (Å²) in [6.45, 7) is 0.262. The number of amides is 1. The SMILES string of the molecule is C#CCNC(=O)CCSCc1nc2sc3c(c2c(=O)[nH]1)CCCC3. The van der Waals surface area contributed by atoms with E-state index >= 15 is 0 Å². The van der Waals surface area contributed by atoms with E-state index in [1.54, 1.807) is 23.1 Å². The molecule has 0 spiro atoms. The van der Waals surface area contributed by atoms with E-state index in [4.69, 9.17) is 6.42 Å². The summed E-state index contributed by atoms with van der Waals surface area (Å²) in [7, 11) is 0. The van der Waals surface area contributed by atoms with E-state index in [1.165, 1.54) is 16.9 Å². The van der Waals surface area contributed by atoms with Crippen molar-refractivity contribution in [3.63, 3.8) is 0 Å². The molecule has 0 fully saturated rings. The number of terminal acetylenes is 1. The maximum Gasteiger partial charge on any atom is 0.259 e. The molecule has 2 N–H and O–H groups in total. The number of nitrogens with zero attached hydrogens (tertiary/aromatic N) is 1. The average Bonchev–Trinajstić information content (AvgIpc) is 2.95. The number of aromatic amines is 1. The van der Waals surface area contributed by atoms with E-state index in [2.05, 4.69) is 21.2 Å². The molecule has 126 valence electrons. The van der Waals surface area contributed by atoms with Crippen molar-refractivity contribution in [2.75, 3.05) is 12.3 Å². The van der Waals surface area contributed by atoms with Crippen molar-refractivity contribution in [2.45, 2.75) is 37.9 Å². The van der Waals surface area contributed by atoms with E-state index < -0.39 is 0 Å². The van der Waals surface area contributed by atoms with Gasteiger partial charge in [-0.3, -0.25) is 9.59 Å². The first-order valence-electron chi connectivity index (χ1n) is 8.00. The maximum atomic E-state index is 12.4. The fourth-order valence-corrected chi connectivity index (χ4v) is 4.93. The van der Waals surface area contributed by atoms with Gasteiger partial charge in [0.15, 0.2) is 0 Å². The Hall–Kier alpha value is -1.78. The zero-order chi connectivity index (χ0) is 16.9. The van der Waals surface area contributed by atoms with Crippen LogP contribution in [0.4, 0.5) is 0 Å². The van der Waals surface area contributed by atoms with Crippen LogP contribution in [-0.4, -0.2) is 28.2 Å². The second-order valence-electron chi connectivity index (χ2n) is 5.69. The highest BCUT2D eigenvalue weighted by atomic mass is 32.2. The lowest BCUT2D eigenvalue weighted by molar-refractivity contribution is -0.120. The van der Waals surface area contributed by atoms with Gasteiger partial charge in [0.25, 0.3) is 5.56 Å². The van der Waals surface area contributed by atoms with Crippen LogP contribution < -0.4 is 10.9 Å². The van der Waals surface area contributed by atoms with Gasteiger partial charge in [-0.25, -0.2) is 4.98 Å². The number of rotatable bonds is 6. The van der Waals surface area contributed by atoms with E-state index in [0.29, 0.717) is 23.8 Å². The molecule has 1 aliphatic carbocycles. The van der Waals surface area contributed by atoms with Crippen molar-refractivity contribution in [2.24, 2.45) is 0 Å². The smallest absolute Gasteiger partial charge is 0.259 e. The highest BCUT2D eigenvalue weighted by Crippen LogP contribution is 2.33. The second-order valence-corrected chi connectivity index (χ2v) is 7.88. The van der Waals surface area contributed by atoms with E-state index in [-0.39, 0.29) is 18.0 Å². The highest BCUT2D eigenvalue weighted by Gasteiger charge is 2.19. The Morgan fingerprint density at radius 3 is 3.08 bits per heavy atom. The van der Waals surface area contributed by atoms with Gasteiger partial charge in [0.2, 0.25) is 5.91 Å². The molecule has 2 heterocycles. The number of hydrogen-bond donors (Lipinski definition) is 2. The molecule has 2 aromatic rings. The first-order valence-corrected chi connectivity index (χ1v) is 9.97. The van der Waals surface area contributed by atoms with Crippen LogP contribution >= 0.6 is 23.1 Å². The Kier molecular flexibility index (Phi) is 5.59. The molecule has 1 aliphatic rings. The van der Waals surface area contributed by atoms with Gasteiger partial charge in [-0.1, -0.05) is 5.92 Å². The van der Waals surface area contributed by atoms with Crippen molar-refractivity contribution < 1.29 is 4.79 Å². The van der Waals surface area contributed by atoms with Crippen molar-refractivity contribution in [3.8, 4) is 12.3 Å². The monoisotopic (exact) mass is 361 g/mol. The maximum absolute atomic E-state index is 12.4. The average molecular weight is 361 g/mol. The molecule has 2 aromatic heterocycles. The molecule has 0 saturated carbocycles. The predicted octanol–water partition coefficient (Wildman–Crippen LogP) is 2.24. The van der Waals surface area contributed by atoms with Gasteiger partial charge < -0.3 is 10.3 Å². The third-order valence-electron chi connectivity index (χ3n) is 3.97. The normalized spacial score (nSPS) is 13.5. The van der Waals surface area contributed by atoms with Crippen molar-refractivity contribution in [3.05, 3.63) is 26.6 Å². The number of carbonyl (C=O) groups excluding carboxylic acids is 1. The standard InChI is InChI=1S/C17H19N3O2S2/c1-2-8-18-14(21)7-9-23-10-13-19-16(22)15-11-5-3-4-6-12(11)24-17(15)20-13/h1H,3-10H2,(H,18,21)(H,19,20,22). The summed E-state index contributed by atoms with van der Waals surface area (Å²) in [5.41, 5.74) is 1.18. The number of aromatic nitrogens is 2. The van der Waals surface area contributed by atoms with Gasteiger partial charge in [-0.15, -0.1) is 17.8 Å². The Labute approximate surface area is 148 Å². The van der Waals surface area contributed by atoms with Crippen molar-refractivity contribution in [1.82, 2.24) is 15.3 Å². The van der Waals surface area contributed by atoms with Gasteiger partial charge in [-0.2, -0.15) is 11.8 Å². The number of aryl methyl sites for hydroxylation is 2. The minimum absolute atomic E-state index is 0.0261. The van der Waals surface area contributed by atoms with Gasteiger partial charge >= 0.3 is 0 Å². The summed E-state index contributed by atoms with van der Waals surface area (Å²) in [5, 5.41) is 3.42. The molecular weight excluding hydrogens is 342 g/mol. The Morgan fingerprint density at radius 2 is 2.25 bits per heavy atom. The third-order valence-corrected chi connectivity index (χ3v) is 6.13. The Bertz CT molecular complexity index is 848. The molecule has 0 radical (unpaired) electrons. The molecule has 1 amide bonds. The molecule has 0 aromatic carbocycles. The number of thioether (sulfide) groups is 1.